The Morgan fingerprint density at radius 2 is 2.25 bits per heavy atom. The summed E-state index contributed by atoms with van der Waals surface area (Å²) in [4.78, 5) is 32.8. The zero-order chi connectivity index (χ0) is 17.1. The van der Waals surface area contributed by atoms with Crippen molar-refractivity contribution in [2.24, 2.45) is 11.7 Å². The zero-order valence-electron chi connectivity index (χ0n) is 13.6. The first kappa shape index (κ1) is 16.0. The number of aromatic amines is 1. The van der Waals surface area contributed by atoms with Gasteiger partial charge in [-0.1, -0.05) is 6.92 Å². The van der Waals surface area contributed by atoms with Crippen molar-refractivity contribution in [2.45, 2.75) is 19.8 Å². The third kappa shape index (κ3) is 3.40. The van der Waals surface area contributed by atoms with Crippen molar-refractivity contribution in [3.8, 4) is 0 Å². The molecule has 0 aliphatic carbocycles. The molecule has 0 spiro atoms. The lowest BCUT2D eigenvalue weighted by Crippen LogP contribution is -2.35. The second-order valence-corrected chi connectivity index (χ2v) is 6.18. The molecule has 0 saturated carbocycles. The predicted molar refractivity (Wildman–Crippen MR) is 92.1 cm³/mol. The first-order chi connectivity index (χ1) is 11.5. The highest BCUT2D eigenvalue weighted by Gasteiger charge is 2.21. The molecule has 1 saturated heterocycles. The summed E-state index contributed by atoms with van der Waals surface area (Å²) in [6.45, 7) is 4.05. The van der Waals surface area contributed by atoms with E-state index >= 15 is 0 Å². The molecule has 7 nitrogen and oxygen atoms in total. The number of hydrogen-bond donors (Lipinski definition) is 3. The average Bonchev–Trinajstić information content (AvgIpc) is 3.09. The highest BCUT2D eigenvalue weighted by molar-refractivity contribution is 6.05. The van der Waals surface area contributed by atoms with Crippen LogP contribution in [0.3, 0.4) is 0 Å². The molecule has 24 heavy (non-hydrogen) atoms. The lowest BCUT2D eigenvalue weighted by atomic mass is 9.99. The van der Waals surface area contributed by atoms with E-state index in [2.05, 4.69) is 27.1 Å². The molecule has 1 aliphatic heterocycles. The molecule has 126 valence electrons. The van der Waals surface area contributed by atoms with Gasteiger partial charge in [-0.2, -0.15) is 0 Å². The molecule has 3 rings (SSSR count). The van der Waals surface area contributed by atoms with Gasteiger partial charge in [0.05, 0.1) is 11.4 Å². The van der Waals surface area contributed by atoms with E-state index < -0.39 is 5.91 Å². The number of aromatic nitrogens is 2. The lowest BCUT2D eigenvalue weighted by molar-refractivity contribution is 0.0994. The van der Waals surface area contributed by atoms with Gasteiger partial charge >= 0.3 is 0 Å². The van der Waals surface area contributed by atoms with Gasteiger partial charge in [-0.25, -0.2) is 4.98 Å². The number of benzene rings is 1. The van der Waals surface area contributed by atoms with Gasteiger partial charge in [-0.15, -0.1) is 0 Å². The van der Waals surface area contributed by atoms with E-state index in [1.54, 1.807) is 18.3 Å². The summed E-state index contributed by atoms with van der Waals surface area (Å²) in [6.07, 6.45) is 5.40. The Labute approximate surface area is 140 Å². The molecule has 4 N–H and O–H groups in total. The van der Waals surface area contributed by atoms with Crippen molar-refractivity contribution in [1.82, 2.24) is 9.97 Å². The summed E-state index contributed by atoms with van der Waals surface area (Å²) in [6, 6.07) is 5.16. The summed E-state index contributed by atoms with van der Waals surface area (Å²) in [5, 5.41) is 2.84. The van der Waals surface area contributed by atoms with Crippen molar-refractivity contribution in [3.05, 3.63) is 42.0 Å². The number of primary amides is 1. The van der Waals surface area contributed by atoms with E-state index in [1.165, 1.54) is 12.6 Å². The van der Waals surface area contributed by atoms with Crippen molar-refractivity contribution in [2.75, 3.05) is 23.3 Å². The summed E-state index contributed by atoms with van der Waals surface area (Å²) < 4.78 is 0. The van der Waals surface area contributed by atoms with Crippen LogP contribution in [0, 0.1) is 5.92 Å². The fourth-order valence-corrected chi connectivity index (χ4v) is 3.04. The first-order valence-electron chi connectivity index (χ1n) is 8.04. The number of nitrogens with two attached hydrogens (primary N) is 1. The van der Waals surface area contributed by atoms with Gasteiger partial charge in [0.15, 0.2) is 5.82 Å². The number of carbonyl (C=O) groups excluding carboxylic acids is 2. The Morgan fingerprint density at radius 3 is 2.92 bits per heavy atom. The largest absolute Gasteiger partial charge is 0.370 e. The number of anilines is 2. The van der Waals surface area contributed by atoms with Crippen LogP contribution in [0.25, 0.3) is 0 Å². The van der Waals surface area contributed by atoms with Crippen molar-refractivity contribution < 1.29 is 9.59 Å². The Kier molecular flexibility index (Phi) is 4.50. The smallest absolute Gasteiger partial charge is 0.291 e. The number of hydrogen-bond acceptors (Lipinski definition) is 4. The number of carbonyl (C=O) groups is 2. The molecule has 7 heteroatoms. The molecule has 2 heterocycles. The normalized spacial score (nSPS) is 17.5. The average molecular weight is 327 g/mol. The van der Waals surface area contributed by atoms with Crippen LogP contribution in [-0.4, -0.2) is 34.9 Å². The predicted octanol–water partition coefficient (Wildman–Crippen LogP) is 2.00. The van der Waals surface area contributed by atoms with Crippen LogP contribution >= 0.6 is 0 Å². The fraction of sp³-hybridized carbons (Fsp3) is 0.353. The van der Waals surface area contributed by atoms with E-state index in [0.29, 0.717) is 17.2 Å². The summed E-state index contributed by atoms with van der Waals surface area (Å²) >= 11 is 0. The first-order valence-corrected chi connectivity index (χ1v) is 8.04. The molecule has 1 aromatic carbocycles. The Morgan fingerprint density at radius 1 is 1.42 bits per heavy atom. The maximum atomic E-state index is 12.3. The SMILES string of the molecule is CC1CCCN(c2ccc(C(N)=O)cc2NC(=O)c2ncc[nH]2)C1. The van der Waals surface area contributed by atoms with Crippen molar-refractivity contribution in [1.29, 1.82) is 0 Å². The van der Waals surface area contributed by atoms with Crippen LogP contribution in [0.2, 0.25) is 0 Å². The Balaban J connectivity index is 1.92. The summed E-state index contributed by atoms with van der Waals surface area (Å²) in [7, 11) is 0. The van der Waals surface area contributed by atoms with Gasteiger partial charge in [0.2, 0.25) is 5.91 Å². The molecule has 0 bridgehead atoms. The van der Waals surface area contributed by atoms with Crippen LogP contribution in [0.4, 0.5) is 11.4 Å². The maximum absolute atomic E-state index is 12.3. The third-order valence-electron chi connectivity index (χ3n) is 4.24. The number of nitrogens with zero attached hydrogens (tertiary/aromatic N) is 2. The fourth-order valence-electron chi connectivity index (χ4n) is 3.04. The second kappa shape index (κ2) is 6.74. The van der Waals surface area contributed by atoms with Crippen LogP contribution in [0.5, 0.6) is 0 Å². The van der Waals surface area contributed by atoms with E-state index in [-0.39, 0.29) is 11.7 Å². The van der Waals surface area contributed by atoms with E-state index in [0.717, 1.165) is 25.2 Å². The van der Waals surface area contributed by atoms with Crippen LogP contribution < -0.4 is 16.0 Å². The lowest BCUT2D eigenvalue weighted by Gasteiger charge is -2.34. The van der Waals surface area contributed by atoms with E-state index in [1.807, 2.05) is 6.07 Å². The van der Waals surface area contributed by atoms with E-state index in [4.69, 9.17) is 5.73 Å². The quantitative estimate of drug-likeness (QED) is 0.799. The van der Waals surface area contributed by atoms with E-state index in [9.17, 15) is 9.59 Å². The zero-order valence-corrected chi connectivity index (χ0v) is 13.6. The molecular formula is C17H21N5O2. The van der Waals surface area contributed by atoms with Gasteiger partial charge in [0, 0.05) is 31.0 Å². The number of H-pyrrole nitrogens is 1. The number of amides is 2. The maximum Gasteiger partial charge on any atom is 0.291 e. The molecule has 2 aromatic rings. The molecule has 1 fully saturated rings. The minimum atomic E-state index is -0.526. The van der Waals surface area contributed by atoms with Crippen LogP contribution in [-0.2, 0) is 0 Å². The Hall–Kier alpha value is -2.83. The standard InChI is InChI=1S/C17H21N5O2/c1-11-3-2-8-22(10-11)14-5-4-12(15(18)23)9-13(14)21-17(24)16-19-6-7-20-16/h4-7,9,11H,2-3,8,10H2,1H3,(H2,18,23)(H,19,20)(H,21,24). The molecule has 1 atom stereocenters. The van der Waals surface area contributed by atoms with Gasteiger partial charge in [0.1, 0.15) is 0 Å². The monoisotopic (exact) mass is 327 g/mol. The summed E-state index contributed by atoms with van der Waals surface area (Å²) in [5.41, 5.74) is 7.20. The van der Waals surface area contributed by atoms with Crippen molar-refractivity contribution >= 4 is 23.2 Å². The number of rotatable bonds is 4. The van der Waals surface area contributed by atoms with Gasteiger partial charge < -0.3 is 20.9 Å². The highest BCUT2D eigenvalue weighted by atomic mass is 16.2. The molecule has 1 aromatic heterocycles. The van der Waals surface area contributed by atoms with Crippen LogP contribution in [0.1, 0.15) is 40.7 Å². The number of nitrogens with one attached hydrogen (secondary N) is 2. The minimum Gasteiger partial charge on any atom is -0.370 e. The van der Waals surface area contributed by atoms with Gasteiger partial charge in [-0.05, 0) is 37.0 Å². The molecule has 1 unspecified atom stereocenters. The third-order valence-corrected chi connectivity index (χ3v) is 4.24. The second-order valence-electron chi connectivity index (χ2n) is 6.18. The molecular weight excluding hydrogens is 306 g/mol. The molecule has 1 aliphatic rings. The highest BCUT2D eigenvalue weighted by Crippen LogP contribution is 2.31. The topological polar surface area (TPSA) is 104 Å². The van der Waals surface area contributed by atoms with Gasteiger partial charge in [-0.3, -0.25) is 9.59 Å². The van der Waals surface area contributed by atoms with Crippen molar-refractivity contribution in [3.63, 3.8) is 0 Å². The Bertz CT molecular complexity index is 741. The van der Waals surface area contributed by atoms with Crippen LogP contribution in [0.15, 0.2) is 30.6 Å². The number of piperidine rings is 1. The summed E-state index contributed by atoms with van der Waals surface area (Å²) in [5.74, 6) is -0.0735. The molecule has 0 radical (unpaired) electrons. The molecule has 2 amide bonds. The van der Waals surface area contributed by atoms with Gasteiger partial charge in [0.25, 0.3) is 5.91 Å². The number of imidazole rings is 1. The minimum absolute atomic E-state index is 0.220.